The highest BCUT2D eigenvalue weighted by molar-refractivity contribution is 4.90. The lowest BCUT2D eigenvalue weighted by molar-refractivity contribution is 0.293. The Morgan fingerprint density at radius 2 is 1.78 bits per heavy atom. The maximum atomic E-state index is 5.96. The first-order valence-corrected chi connectivity index (χ1v) is 3.77. The van der Waals surface area contributed by atoms with Gasteiger partial charge in [0, 0.05) is 6.04 Å². The van der Waals surface area contributed by atoms with Crippen LogP contribution in [0.2, 0.25) is 0 Å². The highest BCUT2D eigenvalue weighted by Gasteiger charge is 2.35. The molecule has 0 aromatic heterocycles. The summed E-state index contributed by atoms with van der Waals surface area (Å²) in [5, 5.41) is 0. The third kappa shape index (κ3) is 1.68. The molecule has 2 N–H and O–H groups in total. The Morgan fingerprint density at radius 3 is 1.89 bits per heavy atom. The number of hydrogen-bond acceptors (Lipinski definition) is 1. The lowest BCUT2D eigenvalue weighted by atomic mass is 9.84. The van der Waals surface area contributed by atoms with E-state index < -0.39 is 0 Å². The SMILES string of the molecule is CC(C)(C)C(N)C1CC1. The molecule has 54 valence electrons. The first-order valence-electron chi connectivity index (χ1n) is 3.77. The second-order valence-electron chi connectivity index (χ2n) is 4.23. The van der Waals surface area contributed by atoms with Gasteiger partial charge in [-0.1, -0.05) is 20.8 Å². The molecule has 0 spiro atoms. The van der Waals surface area contributed by atoms with E-state index in [1.807, 2.05) is 0 Å². The van der Waals surface area contributed by atoms with Gasteiger partial charge in [-0.05, 0) is 24.2 Å². The third-order valence-electron chi connectivity index (χ3n) is 2.13. The van der Waals surface area contributed by atoms with Crippen LogP contribution in [0, 0.1) is 11.3 Å². The fourth-order valence-corrected chi connectivity index (χ4v) is 1.16. The van der Waals surface area contributed by atoms with E-state index >= 15 is 0 Å². The van der Waals surface area contributed by atoms with Gasteiger partial charge in [0.05, 0.1) is 0 Å². The van der Waals surface area contributed by atoms with Crippen LogP contribution >= 0.6 is 0 Å². The molecule has 0 bridgehead atoms. The molecule has 1 heteroatoms. The Hall–Kier alpha value is -0.0400. The molecule has 1 fully saturated rings. The van der Waals surface area contributed by atoms with E-state index in [9.17, 15) is 0 Å². The average molecular weight is 127 g/mol. The molecule has 0 aromatic rings. The van der Waals surface area contributed by atoms with Crippen LogP contribution in [0.5, 0.6) is 0 Å². The normalized spacial score (nSPS) is 24.0. The zero-order chi connectivity index (χ0) is 7.07. The molecule has 1 saturated carbocycles. The summed E-state index contributed by atoms with van der Waals surface area (Å²) in [6.45, 7) is 6.65. The minimum atomic E-state index is 0.321. The summed E-state index contributed by atoms with van der Waals surface area (Å²) < 4.78 is 0. The summed E-state index contributed by atoms with van der Waals surface area (Å²) in [5.74, 6) is 0.838. The third-order valence-corrected chi connectivity index (χ3v) is 2.13. The molecule has 0 amide bonds. The van der Waals surface area contributed by atoms with Crippen molar-refractivity contribution in [3.05, 3.63) is 0 Å². The predicted molar refractivity (Wildman–Crippen MR) is 40.2 cm³/mol. The van der Waals surface area contributed by atoms with Crippen LogP contribution in [0.1, 0.15) is 33.6 Å². The Balaban J connectivity index is 2.40. The topological polar surface area (TPSA) is 26.0 Å². The molecule has 1 nitrogen and oxygen atoms in total. The van der Waals surface area contributed by atoms with E-state index in [1.54, 1.807) is 0 Å². The molecule has 0 aromatic carbocycles. The molecular formula is C8H17N. The molecular weight excluding hydrogens is 110 g/mol. The van der Waals surface area contributed by atoms with Crippen LogP contribution in [-0.2, 0) is 0 Å². The lowest BCUT2D eigenvalue weighted by Crippen LogP contribution is -2.36. The van der Waals surface area contributed by atoms with Crippen molar-refractivity contribution >= 4 is 0 Å². The quantitative estimate of drug-likeness (QED) is 0.570. The van der Waals surface area contributed by atoms with Crippen molar-refractivity contribution in [1.82, 2.24) is 0 Å². The molecule has 1 atom stereocenters. The zero-order valence-corrected chi connectivity index (χ0v) is 6.65. The van der Waals surface area contributed by atoms with Gasteiger partial charge in [0.1, 0.15) is 0 Å². The minimum Gasteiger partial charge on any atom is -0.327 e. The molecule has 0 heterocycles. The second-order valence-corrected chi connectivity index (χ2v) is 4.23. The van der Waals surface area contributed by atoms with Crippen molar-refractivity contribution < 1.29 is 0 Å². The Labute approximate surface area is 57.6 Å². The van der Waals surface area contributed by atoms with Gasteiger partial charge in [-0.15, -0.1) is 0 Å². The highest BCUT2D eigenvalue weighted by atomic mass is 14.7. The van der Waals surface area contributed by atoms with E-state index in [1.165, 1.54) is 12.8 Å². The van der Waals surface area contributed by atoms with E-state index in [0.717, 1.165) is 5.92 Å². The molecule has 1 unspecified atom stereocenters. The fourth-order valence-electron chi connectivity index (χ4n) is 1.16. The van der Waals surface area contributed by atoms with Gasteiger partial charge in [0.25, 0.3) is 0 Å². The number of rotatable bonds is 1. The first-order chi connectivity index (χ1) is 4.02. The molecule has 0 radical (unpaired) electrons. The smallest absolute Gasteiger partial charge is 0.0116 e. The van der Waals surface area contributed by atoms with E-state index in [0.29, 0.717) is 11.5 Å². The van der Waals surface area contributed by atoms with Crippen molar-refractivity contribution in [2.75, 3.05) is 0 Å². The van der Waals surface area contributed by atoms with Crippen LogP contribution in [0.3, 0.4) is 0 Å². The largest absolute Gasteiger partial charge is 0.327 e. The van der Waals surface area contributed by atoms with Crippen molar-refractivity contribution in [3.63, 3.8) is 0 Å². The van der Waals surface area contributed by atoms with Gasteiger partial charge in [0.2, 0.25) is 0 Å². The van der Waals surface area contributed by atoms with E-state index in [2.05, 4.69) is 20.8 Å². The average Bonchev–Trinajstić information content (AvgIpc) is 2.40. The van der Waals surface area contributed by atoms with Gasteiger partial charge in [0.15, 0.2) is 0 Å². The molecule has 1 aliphatic carbocycles. The minimum absolute atomic E-state index is 0.321. The van der Waals surface area contributed by atoms with Gasteiger partial charge in [-0.25, -0.2) is 0 Å². The maximum absolute atomic E-state index is 5.96. The van der Waals surface area contributed by atoms with Crippen LogP contribution in [0.25, 0.3) is 0 Å². The summed E-state index contributed by atoms with van der Waals surface area (Å²) in [7, 11) is 0. The van der Waals surface area contributed by atoms with Crippen molar-refractivity contribution in [3.8, 4) is 0 Å². The molecule has 9 heavy (non-hydrogen) atoms. The first kappa shape index (κ1) is 7.07. The fraction of sp³-hybridized carbons (Fsp3) is 1.00. The van der Waals surface area contributed by atoms with Gasteiger partial charge < -0.3 is 5.73 Å². The Bertz CT molecular complexity index is 97.6. The van der Waals surface area contributed by atoms with Crippen molar-refractivity contribution in [2.45, 2.75) is 39.7 Å². The molecule has 0 saturated heterocycles. The summed E-state index contributed by atoms with van der Waals surface area (Å²) in [5.41, 5.74) is 6.28. The second kappa shape index (κ2) is 1.98. The van der Waals surface area contributed by atoms with Crippen molar-refractivity contribution in [2.24, 2.45) is 17.1 Å². The monoisotopic (exact) mass is 127 g/mol. The summed E-state index contributed by atoms with van der Waals surface area (Å²) in [4.78, 5) is 0. The molecule has 0 aliphatic heterocycles. The molecule has 1 rings (SSSR count). The number of hydrogen-bond donors (Lipinski definition) is 1. The van der Waals surface area contributed by atoms with Crippen LogP contribution in [-0.4, -0.2) is 6.04 Å². The lowest BCUT2D eigenvalue weighted by Gasteiger charge is -2.26. The molecule has 1 aliphatic rings. The van der Waals surface area contributed by atoms with Crippen molar-refractivity contribution in [1.29, 1.82) is 0 Å². The van der Waals surface area contributed by atoms with Crippen LogP contribution in [0.15, 0.2) is 0 Å². The van der Waals surface area contributed by atoms with Gasteiger partial charge in [-0.3, -0.25) is 0 Å². The van der Waals surface area contributed by atoms with Gasteiger partial charge in [-0.2, -0.15) is 0 Å². The summed E-state index contributed by atoms with van der Waals surface area (Å²) >= 11 is 0. The Kier molecular flexibility index (Phi) is 1.55. The number of nitrogens with two attached hydrogens (primary N) is 1. The van der Waals surface area contributed by atoms with E-state index in [-0.39, 0.29) is 0 Å². The standard InChI is InChI=1S/C8H17N/c1-8(2,3)7(9)6-4-5-6/h6-7H,4-5,9H2,1-3H3. The summed E-state index contributed by atoms with van der Waals surface area (Å²) in [6, 6.07) is 0.428. The van der Waals surface area contributed by atoms with Crippen LogP contribution < -0.4 is 5.73 Å². The maximum Gasteiger partial charge on any atom is 0.0116 e. The van der Waals surface area contributed by atoms with E-state index in [4.69, 9.17) is 5.73 Å². The van der Waals surface area contributed by atoms with Crippen LogP contribution in [0.4, 0.5) is 0 Å². The Morgan fingerprint density at radius 1 is 1.33 bits per heavy atom. The van der Waals surface area contributed by atoms with Gasteiger partial charge >= 0.3 is 0 Å². The predicted octanol–water partition coefficient (Wildman–Crippen LogP) is 1.77. The highest BCUT2D eigenvalue weighted by Crippen LogP contribution is 2.38. The zero-order valence-electron chi connectivity index (χ0n) is 6.65. The summed E-state index contributed by atoms with van der Waals surface area (Å²) in [6.07, 6.45) is 2.72.